The molecular formula is C15H13FN2O2. The molecule has 5 heteroatoms. The summed E-state index contributed by atoms with van der Waals surface area (Å²) in [6.07, 6.45) is 0. The first-order valence-electron chi connectivity index (χ1n) is 6.20. The first kappa shape index (κ1) is 12.5. The fraction of sp³-hybridized carbons (Fsp3) is 0.133. The molecule has 0 aliphatic carbocycles. The Balaban J connectivity index is 1.93. The maximum atomic E-state index is 12.9. The number of carbonyl (C=O) groups is 1. The number of nitrogens with two attached hydrogens (primary N) is 1. The van der Waals surface area contributed by atoms with Gasteiger partial charge in [-0.25, -0.2) is 4.39 Å². The van der Waals surface area contributed by atoms with Gasteiger partial charge in [0.25, 0.3) is 5.91 Å². The van der Waals surface area contributed by atoms with Gasteiger partial charge in [-0.05, 0) is 29.8 Å². The number of nitrogen functional groups attached to an aromatic ring is 1. The molecule has 0 radical (unpaired) electrons. The van der Waals surface area contributed by atoms with E-state index in [1.54, 1.807) is 35.2 Å². The van der Waals surface area contributed by atoms with Gasteiger partial charge in [0.05, 0.1) is 12.2 Å². The fourth-order valence-corrected chi connectivity index (χ4v) is 2.17. The molecule has 1 aliphatic rings. The lowest BCUT2D eigenvalue weighted by Crippen LogP contribution is -2.38. The highest BCUT2D eigenvalue weighted by Crippen LogP contribution is 2.34. The lowest BCUT2D eigenvalue weighted by atomic mass is 10.1. The van der Waals surface area contributed by atoms with E-state index in [-0.39, 0.29) is 18.3 Å². The molecule has 102 valence electrons. The Bertz CT molecular complexity index is 655. The first-order chi connectivity index (χ1) is 9.63. The summed E-state index contributed by atoms with van der Waals surface area (Å²) < 4.78 is 18.3. The van der Waals surface area contributed by atoms with E-state index in [0.29, 0.717) is 23.7 Å². The van der Waals surface area contributed by atoms with Crippen LogP contribution in [0.3, 0.4) is 0 Å². The Hall–Kier alpha value is -2.56. The molecule has 0 unspecified atom stereocenters. The van der Waals surface area contributed by atoms with Crippen LogP contribution in [-0.2, 0) is 11.3 Å². The van der Waals surface area contributed by atoms with Gasteiger partial charge in [0.2, 0.25) is 0 Å². The van der Waals surface area contributed by atoms with E-state index in [9.17, 15) is 9.18 Å². The van der Waals surface area contributed by atoms with Gasteiger partial charge in [-0.15, -0.1) is 0 Å². The maximum Gasteiger partial charge on any atom is 0.265 e. The molecule has 0 bridgehead atoms. The molecule has 0 atom stereocenters. The smallest absolute Gasteiger partial charge is 0.265 e. The minimum absolute atomic E-state index is 0.0162. The van der Waals surface area contributed by atoms with Crippen LogP contribution in [0.5, 0.6) is 5.75 Å². The molecule has 1 amide bonds. The van der Waals surface area contributed by atoms with E-state index in [4.69, 9.17) is 10.5 Å². The van der Waals surface area contributed by atoms with E-state index in [2.05, 4.69) is 0 Å². The van der Waals surface area contributed by atoms with E-state index < -0.39 is 0 Å². The molecule has 3 rings (SSSR count). The maximum absolute atomic E-state index is 12.9. The average Bonchev–Trinajstić information content (AvgIpc) is 2.44. The summed E-state index contributed by atoms with van der Waals surface area (Å²) in [7, 11) is 0. The van der Waals surface area contributed by atoms with Gasteiger partial charge in [-0.1, -0.05) is 12.1 Å². The number of rotatable bonds is 2. The van der Waals surface area contributed by atoms with Crippen LogP contribution >= 0.6 is 0 Å². The van der Waals surface area contributed by atoms with Crippen molar-refractivity contribution in [3.05, 3.63) is 53.8 Å². The Kier molecular flexibility index (Phi) is 3.02. The normalized spacial score (nSPS) is 13.8. The largest absolute Gasteiger partial charge is 0.481 e. The van der Waals surface area contributed by atoms with Gasteiger partial charge in [-0.2, -0.15) is 0 Å². The van der Waals surface area contributed by atoms with E-state index >= 15 is 0 Å². The van der Waals surface area contributed by atoms with E-state index in [0.717, 1.165) is 5.56 Å². The molecule has 0 saturated heterocycles. The zero-order chi connectivity index (χ0) is 14.1. The zero-order valence-corrected chi connectivity index (χ0v) is 10.7. The molecule has 20 heavy (non-hydrogen) atoms. The molecule has 2 aromatic carbocycles. The first-order valence-corrected chi connectivity index (χ1v) is 6.20. The number of ether oxygens (including phenoxy) is 1. The predicted octanol–water partition coefficient (Wildman–Crippen LogP) is 2.33. The standard InChI is InChI=1S/C15H13FN2O2/c16-11-3-1-10(2-4-11)8-18-13-6-5-12(17)7-14(13)20-9-15(18)19/h1-7H,8-9,17H2. The number of anilines is 2. The summed E-state index contributed by atoms with van der Waals surface area (Å²) in [4.78, 5) is 13.6. The molecule has 2 N–H and O–H groups in total. The van der Waals surface area contributed by atoms with Crippen molar-refractivity contribution in [3.63, 3.8) is 0 Å². The summed E-state index contributed by atoms with van der Waals surface area (Å²) in [5.41, 5.74) is 7.82. The Morgan fingerprint density at radius 1 is 1.20 bits per heavy atom. The second-order valence-electron chi connectivity index (χ2n) is 4.62. The molecule has 0 spiro atoms. The quantitative estimate of drug-likeness (QED) is 0.854. The van der Waals surface area contributed by atoms with Crippen LogP contribution in [0.4, 0.5) is 15.8 Å². The van der Waals surface area contributed by atoms with Crippen LogP contribution in [0.1, 0.15) is 5.56 Å². The van der Waals surface area contributed by atoms with E-state index in [1.807, 2.05) is 0 Å². The molecule has 1 heterocycles. The lowest BCUT2D eigenvalue weighted by Gasteiger charge is -2.29. The minimum atomic E-state index is -0.296. The van der Waals surface area contributed by atoms with Crippen LogP contribution in [0.2, 0.25) is 0 Å². The average molecular weight is 272 g/mol. The SMILES string of the molecule is Nc1ccc2c(c1)OCC(=O)N2Cc1ccc(F)cc1. The minimum Gasteiger partial charge on any atom is -0.481 e. The highest BCUT2D eigenvalue weighted by Gasteiger charge is 2.25. The molecule has 1 aliphatic heterocycles. The lowest BCUT2D eigenvalue weighted by molar-refractivity contribution is -0.121. The summed E-state index contributed by atoms with van der Waals surface area (Å²) in [5.74, 6) is 0.161. The zero-order valence-electron chi connectivity index (χ0n) is 10.7. The van der Waals surface area contributed by atoms with Crippen molar-refractivity contribution in [2.24, 2.45) is 0 Å². The van der Waals surface area contributed by atoms with Crippen LogP contribution in [-0.4, -0.2) is 12.5 Å². The number of benzene rings is 2. The van der Waals surface area contributed by atoms with Crippen molar-refractivity contribution in [2.45, 2.75) is 6.54 Å². The van der Waals surface area contributed by atoms with Gasteiger partial charge in [0, 0.05) is 11.8 Å². The number of nitrogens with zero attached hydrogens (tertiary/aromatic N) is 1. The topological polar surface area (TPSA) is 55.6 Å². The van der Waals surface area contributed by atoms with Crippen molar-refractivity contribution in [1.82, 2.24) is 0 Å². The van der Waals surface area contributed by atoms with Crippen molar-refractivity contribution >= 4 is 17.3 Å². The number of hydrogen-bond donors (Lipinski definition) is 1. The summed E-state index contributed by atoms with van der Waals surface area (Å²) in [6, 6.07) is 11.3. The molecular weight excluding hydrogens is 259 g/mol. The molecule has 0 saturated carbocycles. The predicted molar refractivity (Wildman–Crippen MR) is 73.9 cm³/mol. The van der Waals surface area contributed by atoms with Crippen molar-refractivity contribution in [1.29, 1.82) is 0 Å². The third-order valence-corrected chi connectivity index (χ3v) is 3.18. The second-order valence-corrected chi connectivity index (χ2v) is 4.62. The number of hydrogen-bond acceptors (Lipinski definition) is 3. The third-order valence-electron chi connectivity index (χ3n) is 3.18. The molecule has 2 aromatic rings. The van der Waals surface area contributed by atoms with Crippen LogP contribution in [0.15, 0.2) is 42.5 Å². The number of halogens is 1. The van der Waals surface area contributed by atoms with Gasteiger partial charge in [0.1, 0.15) is 11.6 Å². The van der Waals surface area contributed by atoms with Crippen LogP contribution in [0.25, 0.3) is 0 Å². The monoisotopic (exact) mass is 272 g/mol. The van der Waals surface area contributed by atoms with Gasteiger partial charge in [0.15, 0.2) is 6.61 Å². The van der Waals surface area contributed by atoms with Crippen LogP contribution < -0.4 is 15.4 Å². The summed E-state index contributed by atoms with van der Waals surface area (Å²) >= 11 is 0. The van der Waals surface area contributed by atoms with Crippen molar-refractivity contribution < 1.29 is 13.9 Å². The Labute approximate surface area is 115 Å². The second kappa shape index (κ2) is 4.85. The Morgan fingerprint density at radius 3 is 2.70 bits per heavy atom. The van der Waals surface area contributed by atoms with Gasteiger partial charge in [-0.3, -0.25) is 4.79 Å². The Morgan fingerprint density at radius 2 is 1.95 bits per heavy atom. The number of carbonyl (C=O) groups excluding carboxylic acids is 1. The highest BCUT2D eigenvalue weighted by molar-refractivity contribution is 5.98. The number of fused-ring (bicyclic) bond motifs is 1. The molecule has 4 nitrogen and oxygen atoms in total. The van der Waals surface area contributed by atoms with Gasteiger partial charge < -0.3 is 15.4 Å². The van der Waals surface area contributed by atoms with E-state index in [1.165, 1.54) is 12.1 Å². The molecule has 0 fully saturated rings. The third kappa shape index (κ3) is 2.30. The fourth-order valence-electron chi connectivity index (χ4n) is 2.17. The van der Waals surface area contributed by atoms with Crippen LogP contribution in [0, 0.1) is 5.82 Å². The van der Waals surface area contributed by atoms with Gasteiger partial charge >= 0.3 is 0 Å². The molecule has 0 aromatic heterocycles. The van der Waals surface area contributed by atoms with Crippen molar-refractivity contribution in [3.8, 4) is 5.75 Å². The van der Waals surface area contributed by atoms with Crippen molar-refractivity contribution in [2.75, 3.05) is 17.2 Å². The highest BCUT2D eigenvalue weighted by atomic mass is 19.1. The number of amides is 1. The summed E-state index contributed by atoms with van der Waals surface area (Å²) in [5, 5.41) is 0. The summed E-state index contributed by atoms with van der Waals surface area (Å²) in [6.45, 7) is 0.358.